The van der Waals surface area contributed by atoms with E-state index in [2.05, 4.69) is 19.2 Å². The van der Waals surface area contributed by atoms with Crippen molar-refractivity contribution < 1.29 is 13.9 Å². The van der Waals surface area contributed by atoms with Crippen molar-refractivity contribution in [1.82, 2.24) is 5.32 Å². The highest BCUT2D eigenvalue weighted by Crippen LogP contribution is 2.16. The topological polar surface area (TPSA) is 38.3 Å². The van der Waals surface area contributed by atoms with Gasteiger partial charge in [0.2, 0.25) is 0 Å². The second-order valence-corrected chi connectivity index (χ2v) is 5.15. The van der Waals surface area contributed by atoms with Gasteiger partial charge in [0.1, 0.15) is 11.9 Å². The molecule has 2 unspecified atom stereocenters. The molecule has 1 aromatic rings. The van der Waals surface area contributed by atoms with E-state index in [0.717, 1.165) is 5.56 Å². The fourth-order valence-corrected chi connectivity index (χ4v) is 2.00. The minimum absolute atomic E-state index is 0.0385. The van der Waals surface area contributed by atoms with Crippen LogP contribution >= 0.6 is 0 Å². The Morgan fingerprint density at radius 1 is 1.26 bits per heavy atom. The lowest BCUT2D eigenvalue weighted by Crippen LogP contribution is -2.40. The molecule has 0 radical (unpaired) electrons. The summed E-state index contributed by atoms with van der Waals surface area (Å²) in [6.07, 6.45) is 0.707. The van der Waals surface area contributed by atoms with Gasteiger partial charge in [-0.3, -0.25) is 10.1 Å². The molecule has 0 aliphatic carbocycles. The van der Waals surface area contributed by atoms with E-state index in [1.165, 1.54) is 19.2 Å². The van der Waals surface area contributed by atoms with Crippen LogP contribution in [0.2, 0.25) is 0 Å². The van der Waals surface area contributed by atoms with Crippen molar-refractivity contribution in [1.29, 1.82) is 0 Å². The normalized spacial score (nSPS) is 14.2. The predicted molar refractivity (Wildman–Crippen MR) is 73.2 cm³/mol. The van der Waals surface area contributed by atoms with Gasteiger partial charge in [0.05, 0.1) is 7.11 Å². The van der Waals surface area contributed by atoms with Crippen molar-refractivity contribution in [3.63, 3.8) is 0 Å². The Kier molecular flexibility index (Phi) is 5.96. The van der Waals surface area contributed by atoms with Crippen molar-refractivity contribution in [2.45, 2.75) is 39.3 Å². The summed E-state index contributed by atoms with van der Waals surface area (Å²) in [5, 5.41) is 3.24. The number of ether oxygens (including phenoxy) is 1. The van der Waals surface area contributed by atoms with Crippen LogP contribution in [0.25, 0.3) is 0 Å². The van der Waals surface area contributed by atoms with Gasteiger partial charge in [0, 0.05) is 6.04 Å². The Labute approximate surface area is 114 Å². The van der Waals surface area contributed by atoms with E-state index in [0.29, 0.717) is 12.3 Å². The van der Waals surface area contributed by atoms with Crippen molar-refractivity contribution in [3.8, 4) is 0 Å². The van der Waals surface area contributed by atoms with Gasteiger partial charge < -0.3 is 4.74 Å². The molecule has 1 N–H and O–H groups in total. The molecular formula is C15H22FNO2. The summed E-state index contributed by atoms with van der Waals surface area (Å²) in [4.78, 5) is 11.7. The molecular weight excluding hydrogens is 245 g/mol. The van der Waals surface area contributed by atoms with E-state index in [1.54, 1.807) is 12.1 Å². The Hall–Kier alpha value is -1.42. The van der Waals surface area contributed by atoms with E-state index in [9.17, 15) is 9.18 Å². The summed E-state index contributed by atoms with van der Waals surface area (Å²) in [5.41, 5.74) is 0.944. The van der Waals surface area contributed by atoms with Crippen LogP contribution in [-0.2, 0) is 9.53 Å². The van der Waals surface area contributed by atoms with Gasteiger partial charge >= 0.3 is 5.97 Å². The first-order chi connectivity index (χ1) is 8.93. The fourth-order valence-electron chi connectivity index (χ4n) is 2.00. The van der Waals surface area contributed by atoms with Crippen LogP contribution in [0.1, 0.15) is 38.8 Å². The van der Waals surface area contributed by atoms with E-state index in [1.807, 2.05) is 6.92 Å². The molecule has 0 fully saturated rings. The molecule has 106 valence electrons. The second-order valence-electron chi connectivity index (χ2n) is 5.15. The number of nitrogens with one attached hydrogen (secondary N) is 1. The molecule has 0 aliphatic rings. The lowest BCUT2D eigenvalue weighted by atomic mass is 10.0. The Morgan fingerprint density at radius 3 is 2.32 bits per heavy atom. The second kappa shape index (κ2) is 7.24. The molecule has 1 aromatic carbocycles. The van der Waals surface area contributed by atoms with E-state index in [4.69, 9.17) is 4.74 Å². The van der Waals surface area contributed by atoms with E-state index >= 15 is 0 Å². The zero-order valence-corrected chi connectivity index (χ0v) is 11.9. The fraction of sp³-hybridized carbons (Fsp3) is 0.533. The zero-order valence-electron chi connectivity index (χ0n) is 11.9. The number of halogens is 1. The molecule has 19 heavy (non-hydrogen) atoms. The van der Waals surface area contributed by atoms with Crippen molar-refractivity contribution in [3.05, 3.63) is 35.6 Å². The number of methoxy groups -OCH3 is 1. The van der Waals surface area contributed by atoms with Gasteiger partial charge in [-0.1, -0.05) is 26.0 Å². The summed E-state index contributed by atoms with van der Waals surface area (Å²) in [6.45, 7) is 6.06. The monoisotopic (exact) mass is 267 g/mol. The molecule has 0 saturated carbocycles. The van der Waals surface area contributed by atoms with E-state index in [-0.39, 0.29) is 23.9 Å². The van der Waals surface area contributed by atoms with Crippen LogP contribution in [-0.4, -0.2) is 19.1 Å². The maximum absolute atomic E-state index is 12.9. The summed E-state index contributed by atoms with van der Waals surface area (Å²) < 4.78 is 17.7. The average Bonchev–Trinajstić information content (AvgIpc) is 2.37. The highest BCUT2D eigenvalue weighted by molar-refractivity contribution is 5.75. The lowest BCUT2D eigenvalue weighted by Gasteiger charge is -2.23. The molecule has 0 amide bonds. The first kappa shape index (κ1) is 15.6. The maximum atomic E-state index is 12.9. The number of carbonyl (C=O) groups is 1. The first-order valence-corrected chi connectivity index (χ1v) is 6.53. The van der Waals surface area contributed by atoms with Crippen molar-refractivity contribution in [2.75, 3.05) is 7.11 Å². The first-order valence-electron chi connectivity index (χ1n) is 6.53. The highest BCUT2D eigenvalue weighted by Gasteiger charge is 2.22. The van der Waals surface area contributed by atoms with Crippen molar-refractivity contribution in [2.24, 2.45) is 5.92 Å². The standard InChI is InChI=1S/C15H22FNO2/c1-10(2)9-14(15(18)19-4)17-11(3)12-5-7-13(16)8-6-12/h5-8,10-11,14,17H,9H2,1-4H3. The summed E-state index contributed by atoms with van der Waals surface area (Å²) in [6, 6.07) is 5.90. The third-order valence-electron chi connectivity index (χ3n) is 3.01. The van der Waals surface area contributed by atoms with Gasteiger partial charge in [-0.15, -0.1) is 0 Å². The number of hydrogen-bond donors (Lipinski definition) is 1. The average molecular weight is 267 g/mol. The maximum Gasteiger partial charge on any atom is 0.322 e. The smallest absolute Gasteiger partial charge is 0.322 e. The van der Waals surface area contributed by atoms with Crippen LogP contribution in [0.15, 0.2) is 24.3 Å². The molecule has 0 spiro atoms. The molecule has 0 saturated heterocycles. The molecule has 4 heteroatoms. The predicted octanol–water partition coefficient (Wildman–Crippen LogP) is 3.06. The highest BCUT2D eigenvalue weighted by atomic mass is 19.1. The minimum Gasteiger partial charge on any atom is -0.468 e. The summed E-state index contributed by atoms with van der Waals surface area (Å²) >= 11 is 0. The van der Waals surface area contributed by atoms with E-state index < -0.39 is 0 Å². The van der Waals surface area contributed by atoms with Crippen LogP contribution < -0.4 is 5.32 Å². The van der Waals surface area contributed by atoms with Crippen LogP contribution in [0.4, 0.5) is 4.39 Å². The van der Waals surface area contributed by atoms with Gasteiger partial charge in [-0.05, 0) is 37.0 Å². The number of carbonyl (C=O) groups excluding carboxylic acids is 1. The molecule has 0 bridgehead atoms. The lowest BCUT2D eigenvalue weighted by molar-refractivity contribution is -0.143. The van der Waals surface area contributed by atoms with Gasteiger partial charge in [-0.25, -0.2) is 4.39 Å². The number of rotatable bonds is 6. The molecule has 0 aromatic heterocycles. The van der Waals surface area contributed by atoms with Gasteiger partial charge in [0.25, 0.3) is 0 Å². The van der Waals surface area contributed by atoms with Crippen molar-refractivity contribution >= 4 is 5.97 Å². The van der Waals surface area contributed by atoms with Crippen LogP contribution in [0.3, 0.4) is 0 Å². The number of benzene rings is 1. The largest absolute Gasteiger partial charge is 0.468 e. The Balaban J connectivity index is 2.72. The minimum atomic E-state index is -0.343. The third kappa shape index (κ3) is 4.99. The molecule has 1 rings (SSSR count). The SMILES string of the molecule is COC(=O)C(CC(C)C)NC(C)c1ccc(F)cc1. The van der Waals surface area contributed by atoms with Gasteiger partial charge in [0.15, 0.2) is 0 Å². The quantitative estimate of drug-likeness (QED) is 0.805. The van der Waals surface area contributed by atoms with Gasteiger partial charge in [-0.2, -0.15) is 0 Å². The Morgan fingerprint density at radius 2 is 1.84 bits per heavy atom. The number of esters is 1. The Bertz CT molecular complexity index is 403. The summed E-state index contributed by atoms with van der Waals surface area (Å²) in [5.74, 6) is -0.137. The molecule has 0 aliphatic heterocycles. The molecule has 2 atom stereocenters. The summed E-state index contributed by atoms with van der Waals surface area (Å²) in [7, 11) is 1.39. The zero-order chi connectivity index (χ0) is 14.4. The number of hydrogen-bond acceptors (Lipinski definition) is 3. The molecule has 3 nitrogen and oxygen atoms in total. The van der Waals surface area contributed by atoms with Crippen LogP contribution in [0, 0.1) is 11.7 Å². The third-order valence-corrected chi connectivity index (χ3v) is 3.01. The van der Waals surface area contributed by atoms with Crippen LogP contribution in [0.5, 0.6) is 0 Å². The molecule has 0 heterocycles.